The lowest BCUT2D eigenvalue weighted by molar-refractivity contribution is 0.547. The second-order valence-electron chi connectivity index (χ2n) is 8.95. The minimum Gasteiger partial charge on any atom is -0.252 e. The maximum atomic E-state index is 4.68. The summed E-state index contributed by atoms with van der Waals surface area (Å²) in [6, 6.07) is 4.59. The van der Waals surface area contributed by atoms with E-state index in [1.807, 2.05) is 22.7 Å². The number of allylic oxidation sites excluding steroid dienone is 1. The Hall–Kier alpha value is -1.78. The smallest absolute Gasteiger partial charge is 0.0980 e. The number of nitrogens with zero attached hydrogens (tertiary/aromatic N) is 2. The zero-order valence-corrected chi connectivity index (χ0v) is 17.8. The Labute approximate surface area is 162 Å². The van der Waals surface area contributed by atoms with Crippen LogP contribution < -0.4 is 0 Å². The van der Waals surface area contributed by atoms with Crippen molar-refractivity contribution >= 4 is 60.0 Å². The Bertz CT molecular complexity index is 1150. The molecule has 0 aliphatic rings. The van der Waals surface area contributed by atoms with Gasteiger partial charge in [0.2, 0.25) is 0 Å². The molecule has 0 saturated carbocycles. The van der Waals surface area contributed by atoms with E-state index < -0.39 is 0 Å². The van der Waals surface area contributed by atoms with Crippen molar-refractivity contribution in [2.45, 2.75) is 47.0 Å². The molecule has 4 aromatic rings. The average Bonchev–Trinajstić information content (AvgIpc) is 3.16. The number of hydrogen-bond acceptors (Lipinski definition) is 4. The second kappa shape index (κ2) is 5.86. The molecule has 0 atom stereocenters. The SMILES string of the molecule is CC(C)(C)C=Cc1cc2c3nccnc3c3cc(C(C)(C)C)sc3c2s1. The highest BCUT2D eigenvalue weighted by atomic mass is 32.1. The summed E-state index contributed by atoms with van der Waals surface area (Å²) in [5.41, 5.74) is 2.35. The Morgan fingerprint density at radius 2 is 1.38 bits per heavy atom. The first-order valence-corrected chi connectivity index (χ1v) is 10.6. The fourth-order valence-corrected chi connectivity index (χ4v) is 5.44. The minimum atomic E-state index is 0.136. The van der Waals surface area contributed by atoms with Crippen LogP contribution in [0.2, 0.25) is 0 Å². The van der Waals surface area contributed by atoms with Crippen molar-refractivity contribution in [3.05, 3.63) is 40.4 Å². The maximum Gasteiger partial charge on any atom is 0.0980 e. The molecule has 0 unspecified atom stereocenters. The van der Waals surface area contributed by atoms with Crippen LogP contribution >= 0.6 is 22.7 Å². The van der Waals surface area contributed by atoms with Gasteiger partial charge in [0.25, 0.3) is 0 Å². The molecule has 4 rings (SSSR count). The quantitative estimate of drug-likeness (QED) is 0.343. The fraction of sp³-hybridized carbons (Fsp3) is 0.364. The molecule has 0 aliphatic carbocycles. The van der Waals surface area contributed by atoms with E-state index in [1.54, 1.807) is 12.4 Å². The highest BCUT2D eigenvalue weighted by Crippen LogP contribution is 2.44. The molecule has 0 saturated heterocycles. The third-order valence-electron chi connectivity index (χ3n) is 4.38. The van der Waals surface area contributed by atoms with E-state index >= 15 is 0 Å². The van der Waals surface area contributed by atoms with Gasteiger partial charge >= 0.3 is 0 Å². The van der Waals surface area contributed by atoms with Gasteiger partial charge in [-0.05, 0) is 29.0 Å². The van der Waals surface area contributed by atoms with Crippen molar-refractivity contribution in [1.29, 1.82) is 0 Å². The molecular formula is C22H24N2S2. The van der Waals surface area contributed by atoms with Gasteiger partial charge in [-0.2, -0.15) is 0 Å². The third kappa shape index (κ3) is 3.06. The Morgan fingerprint density at radius 3 is 1.96 bits per heavy atom. The fourth-order valence-electron chi connectivity index (χ4n) is 3.01. The number of hydrogen-bond donors (Lipinski definition) is 0. The van der Waals surface area contributed by atoms with Crippen LogP contribution in [0.3, 0.4) is 0 Å². The zero-order valence-electron chi connectivity index (χ0n) is 16.2. The van der Waals surface area contributed by atoms with E-state index in [0.717, 1.165) is 11.0 Å². The molecule has 2 nitrogen and oxygen atoms in total. The first-order chi connectivity index (χ1) is 12.1. The summed E-state index contributed by atoms with van der Waals surface area (Å²) in [6.07, 6.45) is 8.12. The van der Waals surface area contributed by atoms with Crippen molar-refractivity contribution < 1.29 is 0 Å². The maximum absolute atomic E-state index is 4.68. The highest BCUT2D eigenvalue weighted by molar-refractivity contribution is 7.28. The first kappa shape index (κ1) is 17.6. The summed E-state index contributed by atoms with van der Waals surface area (Å²) in [6.45, 7) is 13.5. The molecule has 0 N–H and O–H groups in total. The molecule has 0 radical (unpaired) electrons. The molecule has 0 spiro atoms. The van der Waals surface area contributed by atoms with Crippen molar-refractivity contribution in [2.24, 2.45) is 5.41 Å². The summed E-state index contributed by atoms with van der Waals surface area (Å²) in [7, 11) is 0. The monoisotopic (exact) mass is 380 g/mol. The van der Waals surface area contributed by atoms with Crippen LogP contribution in [0.25, 0.3) is 37.3 Å². The molecule has 0 amide bonds. The average molecular weight is 381 g/mol. The molecular weight excluding hydrogens is 356 g/mol. The molecule has 26 heavy (non-hydrogen) atoms. The molecule has 3 aromatic heterocycles. The lowest BCUT2D eigenvalue weighted by Crippen LogP contribution is -2.07. The number of fused-ring (bicyclic) bond motifs is 6. The predicted octanol–water partition coefficient (Wildman–Crippen LogP) is 7.42. The van der Waals surface area contributed by atoms with Crippen LogP contribution in [-0.4, -0.2) is 9.97 Å². The topological polar surface area (TPSA) is 25.8 Å². The van der Waals surface area contributed by atoms with Gasteiger partial charge in [-0.25, -0.2) is 0 Å². The lowest BCUT2D eigenvalue weighted by Gasteiger charge is -2.14. The van der Waals surface area contributed by atoms with E-state index in [4.69, 9.17) is 0 Å². The van der Waals surface area contributed by atoms with Gasteiger partial charge in [0.15, 0.2) is 0 Å². The van der Waals surface area contributed by atoms with Crippen LogP contribution in [0.4, 0.5) is 0 Å². The summed E-state index contributed by atoms with van der Waals surface area (Å²) >= 11 is 3.77. The summed E-state index contributed by atoms with van der Waals surface area (Å²) in [4.78, 5) is 12.0. The van der Waals surface area contributed by atoms with Crippen LogP contribution in [-0.2, 0) is 5.41 Å². The van der Waals surface area contributed by atoms with E-state index in [2.05, 4.69) is 75.8 Å². The molecule has 4 heteroatoms. The second-order valence-corrected chi connectivity index (χ2v) is 11.1. The largest absolute Gasteiger partial charge is 0.252 e. The number of thiophene rings is 2. The van der Waals surface area contributed by atoms with Gasteiger partial charge in [-0.15, -0.1) is 22.7 Å². The number of aromatic nitrogens is 2. The standard InChI is InChI=1S/C22H24N2S2/c1-21(2,3)8-7-13-11-14-17-18(24-10-9-23-17)15-12-16(22(4,5)6)26-20(15)19(14)25-13/h7-12H,1-6H3. The van der Waals surface area contributed by atoms with Crippen molar-refractivity contribution in [2.75, 3.05) is 0 Å². The normalized spacial score (nSPS) is 13.6. The van der Waals surface area contributed by atoms with Gasteiger partial charge in [-0.1, -0.05) is 47.6 Å². The molecule has 0 fully saturated rings. The number of rotatable bonds is 1. The molecule has 0 bridgehead atoms. The summed E-state index contributed by atoms with van der Waals surface area (Å²) in [5, 5.41) is 2.46. The highest BCUT2D eigenvalue weighted by Gasteiger charge is 2.21. The Kier molecular flexibility index (Phi) is 3.97. The number of benzene rings is 1. The van der Waals surface area contributed by atoms with E-state index in [1.165, 1.54) is 29.9 Å². The van der Waals surface area contributed by atoms with Crippen LogP contribution in [0.1, 0.15) is 51.3 Å². The Balaban J connectivity index is 2.07. The van der Waals surface area contributed by atoms with Crippen molar-refractivity contribution in [1.82, 2.24) is 9.97 Å². The van der Waals surface area contributed by atoms with Gasteiger partial charge in [0.05, 0.1) is 20.4 Å². The molecule has 3 heterocycles. The van der Waals surface area contributed by atoms with Gasteiger partial charge < -0.3 is 0 Å². The van der Waals surface area contributed by atoms with Crippen LogP contribution in [0.15, 0.2) is 30.6 Å². The van der Waals surface area contributed by atoms with Crippen LogP contribution in [0.5, 0.6) is 0 Å². The van der Waals surface area contributed by atoms with E-state index in [0.29, 0.717) is 0 Å². The van der Waals surface area contributed by atoms with E-state index in [-0.39, 0.29) is 10.8 Å². The minimum absolute atomic E-state index is 0.136. The van der Waals surface area contributed by atoms with E-state index in [9.17, 15) is 0 Å². The Morgan fingerprint density at radius 1 is 0.808 bits per heavy atom. The molecule has 134 valence electrons. The van der Waals surface area contributed by atoms with Crippen molar-refractivity contribution in [3.8, 4) is 0 Å². The van der Waals surface area contributed by atoms with Crippen molar-refractivity contribution in [3.63, 3.8) is 0 Å². The molecule has 0 aliphatic heterocycles. The van der Waals surface area contributed by atoms with Gasteiger partial charge in [0.1, 0.15) is 0 Å². The van der Waals surface area contributed by atoms with Gasteiger partial charge in [-0.3, -0.25) is 9.97 Å². The lowest BCUT2D eigenvalue weighted by atomic mass is 9.94. The third-order valence-corrected chi connectivity index (χ3v) is 7.21. The summed E-state index contributed by atoms with van der Waals surface area (Å²) in [5.74, 6) is 0. The zero-order chi connectivity index (χ0) is 18.7. The molecule has 1 aromatic carbocycles. The predicted molar refractivity (Wildman–Crippen MR) is 117 cm³/mol. The first-order valence-electron chi connectivity index (χ1n) is 8.93. The van der Waals surface area contributed by atoms with Gasteiger partial charge in [0, 0.05) is 32.9 Å². The summed E-state index contributed by atoms with van der Waals surface area (Å²) < 4.78 is 2.68. The van der Waals surface area contributed by atoms with Crippen LogP contribution in [0, 0.1) is 5.41 Å².